The van der Waals surface area contributed by atoms with E-state index in [9.17, 15) is 9.59 Å². The summed E-state index contributed by atoms with van der Waals surface area (Å²) in [6, 6.07) is 5.39. The Morgan fingerprint density at radius 2 is 2.19 bits per heavy atom. The maximum atomic E-state index is 13.4. The summed E-state index contributed by atoms with van der Waals surface area (Å²) in [5, 5.41) is 10.7. The molecule has 1 aliphatic carbocycles. The third-order valence-electron chi connectivity index (χ3n) is 7.80. The zero-order valence-electron chi connectivity index (χ0n) is 21.8. The lowest BCUT2D eigenvalue weighted by molar-refractivity contribution is -0.0395. The number of ketones is 1. The molecule has 198 valence electrons. The van der Waals surface area contributed by atoms with Crippen LogP contribution in [0.25, 0.3) is 5.65 Å². The Morgan fingerprint density at radius 1 is 1.32 bits per heavy atom. The number of nitrogens with zero attached hydrogens (tertiary/aromatic N) is 4. The van der Waals surface area contributed by atoms with Crippen molar-refractivity contribution in [2.45, 2.75) is 63.5 Å². The van der Waals surface area contributed by atoms with Gasteiger partial charge in [-0.15, -0.1) is 0 Å². The van der Waals surface area contributed by atoms with Crippen LogP contribution in [0.15, 0.2) is 35.4 Å². The van der Waals surface area contributed by atoms with Crippen molar-refractivity contribution < 1.29 is 14.3 Å². The Labute approximate surface area is 216 Å². The van der Waals surface area contributed by atoms with Gasteiger partial charge >= 0.3 is 0 Å². The molecule has 0 aromatic carbocycles. The number of anilines is 3. The van der Waals surface area contributed by atoms with E-state index in [1.807, 2.05) is 6.07 Å². The Kier molecular flexibility index (Phi) is 7.30. The summed E-state index contributed by atoms with van der Waals surface area (Å²) in [4.78, 5) is 31.3. The molecular weight excluding hydrogens is 472 g/mol. The van der Waals surface area contributed by atoms with Crippen molar-refractivity contribution in [3.63, 3.8) is 0 Å². The van der Waals surface area contributed by atoms with Crippen LogP contribution in [0.5, 0.6) is 0 Å². The van der Waals surface area contributed by atoms with Gasteiger partial charge in [-0.25, -0.2) is 4.98 Å². The quantitative estimate of drug-likeness (QED) is 0.436. The molecule has 3 atom stereocenters. The zero-order valence-corrected chi connectivity index (χ0v) is 21.8. The maximum absolute atomic E-state index is 13.4. The van der Waals surface area contributed by atoms with Gasteiger partial charge in [-0.3, -0.25) is 9.59 Å². The van der Waals surface area contributed by atoms with Crippen molar-refractivity contribution in [2.24, 2.45) is 5.92 Å². The monoisotopic (exact) mass is 508 g/mol. The van der Waals surface area contributed by atoms with Crippen molar-refractivity contribution in [3.8, 4) is 0 Å². The molecule has 5 rings (SSSR count). The van der Waals surface area contributed by atoms with Gasteiger partial charge in [-0.2, -0.15) is 9.61 Å². The predicted octanol–water partition coefficient (Wildman–Crippen LogP) is 4.20. The summed E-state index contributed by atoms with van der Waals surface area (Å²) in [5.41, 5.74) is 1.05. The molecule has 2 aliphatic rings. The van der Waals surface area contributed by atoms with Crippen molar-refractivity contribution in [1.29, 1.82) is 0 Å². The zero-order chi connectivity index (χ0) is 26.0. The van der Waals surface area contributed by atoms with Gasteiger partial charge in [0.25, 0.3) is 5.56 Å². The van der Waals surface area contributed by atoms with Gasteiger partial charge in [0.2, 0.25) is 0 Å². The van der Waals surface area contributed by atoms with Crippen LogP contribution in [0.2, 0.25) is 0 Å². The van der Waals surface area contributed by atoms with E-state index in [0.717, 1.165) is 45.1 Å². The summed E-state index contributed by atoms with van der Waals surface area (Å²) in [6.45, 7) is 3.39. The van der Waals surface area contributed by atoms with E-state index in [-0.39, 0.29) is 28.9 Å². The van der Waals surface area contributed by atoms with Crippen LogP contribution in [0.3, 0.4) is 0 Å². The summed E-state index contributed by atoms with van der Waals surface area (Å²) in [6.07, 6.45) is 9.60. The van der Waals surface area contributed by atoms with Crippen molar-refractivity contribution in [3.05, 3.63) is 46.5 Å². The highest BCUT2D eigenvalue weighted by molar-refractivity contribution is 6.01. The number of carbonyl (C=O) groups excluding carboxylic acids is 1. The van der Waals surface area contributed by atoms with E-state index in [2.05, 4.69) is 22.7 Å². The van der Waals surface area contributed by atoms with Crippen LogP contribution in [-0.4, -0.2) is 57.9 Å². The van der Waals surface area contributed by atoms with Gasteiger partial charge in [0, 0.05) is 39.4 Å². The fourth-order valence-electron chi connectivity index (χ4n) is 5.69. The molecule has 1 saturated heterocycles. The summed E-state index contributed by atoms with van der Waals surface area (Å²) >= 11 is 0. The molecule has 0 spiro atoms. The number of carbonyl (C=O) groups is 1. The predicted molar refractivity (Wildman–Crippen MR) is 142 cm³/mol. The van der Waals surface area contributed by atoms with Gasteiger partial charge in [0.05, 0.1) is 30.0 Å². The highest BCUT2D eigenvalue weighted by Gasteiger charge is 2.33. The van der Waals surface area contributed by atoms with E-state index < -0.39 is 0 Å². The van der Waals surface area contributed by atoms with Gasteiger partial charge in [0.15, 0.2) is 11.4 Å². The van der Waals surface area contributed by atoms with Gasteiger partial charge in [-0.1, -0.05) is 6.42 Å². The molecule has 37 heavy (non-hydrogen) atoms. The number of Topliss-reactive ketones (excluding diaryl/α,β-unsaturated/α-hetero) is 1. The smallest absolute Gasteiger partial charge is 0.274 e. The number of fused-ring (bicyclic) bond motifs is 1. The van der Waals surface area contributed by atoms with Crippen molar-refractivity contribution >= 4 is 28.8 Å². The molecule has 2 fully saturated rings. The second kappa shape index (κ2) is 10.6. The standard InChI is InChI=1S/C27H36N6O4/c1-27(36-3)10-4-7-18(15-27)13-22(34)20-16-29-33-24(28-2)14-23(31-25(20)33)30-21-9-5-11-32(26(21)35)19-8-6-12-37-17-19/h5,9,11,14,16,18-19,28H,4,6-8,10,12-13,15,17H2,1-3H3,(H,30,31)/t18-,19-,27+/m0/s1. The first-order valence-electron chi connectivity index (χ1n) is 13.1. The minimum Gasteiger partial charge on any atom is -0.379 e. The normalized spacial score (nSPS) is 24.2. The number of methoxy groups -OCH3 is 1. The first kappa shape index (κ1) is 25.4. The molecule has 3 aromatic heterocycles. The lowest BCUT2D eigenvalue weighted by Gasteiger charge is -2.36. The lowest BCUT2D eigenvalue weighted by Crippen LogP contribution is -2.34. The lowest BCUT2D eigenvalue weighted by atomic mass is 9.76. The molecule has 0 amide bonds. The first-order valence-corrected chi connectivity index (χ1v) is 13.1. The van der Waals surface area contributed by atoms with Crippen molar-refractivity contribution in [2.75, 3.05) is 38.0 Å². The molecule has 0 unspecified atom stereocenters. The number of aromatic nitrogens is 4. The van der Waals surface area contributed by atoms with Crippen LogP contribution in [0.1, 0.15) is 68.3 Å². The highest BCUT2D eigenvalue weighted by atomic mass is 16.5. The van der Waals surface area contributed by atoms with E-state index in [0.29, 0.717) is 41.6 Å². The molecule has 10 nitrogen and oxygen atoms in total. The summed E-state index contributed by atoms with van der Waals surface area (Å²) < 4.78 is 14.7. The Morgan fingerprint density at radius 3 is 2.95 bits per heavy atom. The SMILES string of the molecule is CNc1cc(Nc2cccn([C@H]3CCCOC3)c2=O)nc2c(C(=O)C[C@@H]3CCC[C@@](C)(OC)C3)cnn12. The van der Waals surface area contributed by atoms with Crippen LogP contribution < -0.4 is 16.2 Å². The van der Waals surface area contributed by atoms with E-state index in [1.165, 1.54) is 0 Å². The van der Waals surface area contributed by atoms with Gasteiger partial charge in [-0.05, 0) is 57.1 Å². The van der Waals surface area contributed by atoms with Crippen LogP contribution in [-0.2, 0) is 9.47 Å². The molecule has 0 radical (unpaired) electrons. The Bertz CT molecular complexity index is 1330. The number of nitrogens with one attached hydrogen (secondary N) is 2. The minimum atomic E-state index is -0.175. The fourth-order valence-corrected chi connectivity index (χ4v) is 5.69. The maximum Gasteiger partial charge on any atom is 0.274 e. The van der Waals surface area contributed by atoms with Crippen molar-refractivity contribution in [1.82, 2.24) is 19.2 Å². The topological polar surface area (TPSA) is 112 Å². The van der Waals surface area contributed by atoms with Gasteiger partial charge < -0.3 is 24.7 Å². The van der Waals surface area contributed by atoms with Crippen LogP contribution >= 0.6 is 0 Å². The highest BCUT2D eigenvalue weighted by Crippen LogP contribution is 2.37. The van der Waals surface area contributed by atoms with Crippen LogP contribution in [0, 0.1) is 5.92 Å². The largest absolute Gasteiger partial charge is 0.379 e. The second-order valence-corrected chi connectivity index (χ2v) is 10.4. The molecular formula is C27H36N6O4. The summed E-state index contributed by atoms with van der Waals surface area (Å²) in [7, 11) is 3.53. The minimum absolute atomic E-state index is 0.0186. The van der Waals surface area contributed by atoms with E-state index >= 15 is 0 Å². The second-order valence-electron chi connectivity index (χ2n) is 10.4. The Balaban J connectivity index is 1.42. The third-order valence-corrected chi connectivity index (χ3v) is 7.80. The molecule has 4 heterocycles. The van der Waals surface area contributed by atoms with E-state index in [1.54, 1.807) is 47.8 Å². The third kappa shape index (κ3) is 5.26. The molecule has 10 heteroatoms. The fraction of sp³-hybridized carbons (Fsp3) is 0.556. The summed E-state index contributed by atoms with van der Waals surface area (Å²) in [5.74, 6) is 1.41. The molecule has 1 saturated carbocycles. The number of hydrogen-bond acceptors (Lipinski definition) is 8. The number of rotatable bonds is 8. The Hall–Kier alpha value is -3.24. The van der Waals surface area contributed by atoms with E-state index in [4.69, 9.17) is 14.5 Å². The van der Waals surface area contributed by atoms with Gasteiger partial charge in [0.1, 0.15) is 17.3 Å². The average molecular weight is 509 g/mol. The number of ether oxygens (including phenoxy) is 2. The first-order chi connectivity index (χ1) is 17.9. The number of pyridine rings is 1. The molecule has 0 bridgehead atoms. The molecule has 2 N–H and O–H groups in total. The number of hydrogen-bond donors (Lipinski definition) is 2. The molecule has 3 aromatic rings. The van der Waals surface area contributed by atoms with Crippen LogP contribution in [0.4, 0.5) is 17.3 Å². The average Bonchev–Trinajstić information content (AvgIpc) is 3.34. The molecule has 1 aliphatic heterocycles.